The average molecular weight is 312 g/mol. The normalized spacial score (nSPS) is 23.2. The first-order valence-electron chi connectivity index (χ1n) is 7.49. The predicted octanol–water partition coefficient (Wildman–Crippen LogP) is 3.96. The second-order valence-electron chi connectivity index (χ2n) is 6.79. The van der Waals surface area contributed by atoms with Crippen LogP contribution < -0.4 is 0 Å². The summed E-state index contributed by atoms with van der Waals surface area (Å²) in [7, 11) is 0. The third-order valence-corrected chi connectivity index (χ3v) is 4.12. The third kappa shape index (κ3) is 3.46. The molecule has 0 aromatic heterocycles. The molecule has 0 heterocycles. The van der Waals surface area contributed by atoms with E-state index in [9.17, 15) is 13.6 Å². The number of hydrogen-bond donors (Lipinski definition) is 0. The SMILES string of the molecule is CC(C)CO[C@H]1C[C@H](OC(=O)c2ccc(F)cc2F)C1(C)C. The molecular formula is C17H22F2O3. The van der Waals surface area contributed by atoms with Crippen LogP contribution in [-0.2, 0) is 9.47 Å². The van der Waals surface area contributed by atoms with Gasteiger partial charge >= 0.3 is 5.97 Å². The molecule has 3 nitrogen and oxygen atoms in total. The Balaban J connectivity index is 1.96. The van der Waals surface area contributed by atoms with Crippen LogP contribution in [-0.4, -0.2) is 24.8 Å². The second-order valence-corrected chi connectivity index (χ2v) is 6.79. The molecule has 0 spiro atoms. The van der Waals surface area contributed by atoms with Crippen molar-refractivity contribution in [1.29, 1.82) is 0 Å². The molecule has 2 rings (SSSR count). The lowest BCUT2D eigenvalue weighted by molar-refractivity contribution is -0.180. The second kappa shape index (κ2) is 6.32. The number of esters is 1. The van der Waals surface area contributed by atoms with Gasteiger partial charge in [0.25, 0.3) is 0 Å². The van der Waals surface area contributed by atoms with Crippen molar-refractivity contribution in [2.75, 3.05) is 6.61 Å². The fourth-order valence-corrected chi connectivity index (χ4v) is 2.49. The summed E-state index contributed by atoms with van der Waals surface area (Å²) in [6.07, 6.45) is 0.279. The van der Waals surface area contributed by atoms with Gasteiger partial charge < -0.3 is 9.47 Å². The van der Waals surface area contributed by atoms with E-state index in [1.54, 1.807) is 0 Å². The number of ether oxygens (including phenoxy) is 2. The highest BCUT2D eigenvalue weighted by Gasteiger charge is 2.51. The molecule has 0 aliphatic heterocycles. The zero-order valence-electron chi connectivity index (χ0n) is 13.4. The molecule has 0 radical (unpaired) electrons. The Morgan fingerprint density at radius 3 is 2.55 bits per heavy atom. The van der Waals surface area contributed by atoms with Crippen LogP contribution >= 0.6 is 0 Å². The lowest BCUT2D eigenvalue weighted by Crippen LogP contribution is -2.56. The molecule has 0 amide bonds. The molecule has 122 valence electrons. The molecule has 1 aromatic carbocycles. The molecule has 0 N–H and O–H groups in total. The first kappa shape index (κ1) is 16.9. The summed E-state index contributed by atoms with van der Waals surface area (Å²) in [5.74, 6) is -1.96. The van der Waals surface area contributed by atoms with Crippen LogP contribution in [0.2, 0.25) is 0 Å². The van der Waals surface area contributed by atoms with Crippen LogP contribution in [0.3, 0.4) is 0 Å². The van der Waals surface area contributed by atoms with Gasteiger partial charge in [-0.3, -0.25) is 0 Å². The quantitative estimate of drug-likeness (QED) is 0.772. The topological polar surface area (TPSA) is 35.5 Å². The van der Waals surface area contributed by atoms with E-state index in [2.05, 4.69) is 13.8 Å². The predicted molar refractivity (Wildman–Crippen MR) is 78.5 cm³/mol. The number of benzene rings is 1. The van der Waals surface area contributed by atoms with E-state index in [1.807, 2.05) is 13.8 Å². The molecule has 22 heavy (non-hydrogen) atoms. The van der Waals surface area contributed by atoms with Crippen molar-refractivity contribution in [3.63, 3.8) is 0 Å². The van der Waals surface area contributed by atoms with Crippen LogP contribution in [0.1, 0.15) is 44.5 Å². The summed E-state index contributed by atoms with van der Waals surface area (Å²) >= 11 is 0. The van der Waals surface area contributed by atoms with Crippen LogP contribution in [0.25, 0.3) is 0 Å². The summed E-state index contributed by atoms with van der Waals surface area (Å²) in [6.45, 7) is 8.71. The standard InChI is InChI=1S/C17H22F2O3/c1-10(2)9-21-14-8-15(17(14,3)4)22-16(20)12-6-5-11(18)7-13(12)19/h5-7,10,14-15H,8-9H2,1-4H3/t14-,15-/m0/s1. The number of carbonyl (C=O) groups excluding carboxylic acids is 1. The first-order chi connectivity index (χ1) is 10.2. The van der Waals surface area contributed by atoms with Gasteiger partial charge in [-0.25, -0.2) is 13.6 Å². The minimum absolute atomic E-state index is 0.0192. The Hall–Kier alpha value is -1.49. The molecule has 2 atom stereocenters. The van der Waals surface area contributed by atoms with Crippen LogP contribution in [0.15, 0.2) is 18.2 Å². The van der Waals surface area contributed by atoms with E-state index in [0.717, 1.165) is 12.1 Å². The highest BCUT2D eigenvalue weighted by molar-refractivity contribution is 5.89. The average Bonchev–Trinajstić information content (AvgIpc) is 2.41. The maximum atomic E-state index is 13.6. The Bertz CT molecular complexity index is 555. The van der Waals surface area contributed by atoms with Gasteiger partial charge in [0.15, 0.2) is 0 Å². The molecule has 0 saturated heterocycles. The van der Waals surface area contributed by atoms with E-state index in [-0.39, 0.29) is 23.2 Å². The van der Waals surface area contributed by atoms with Gasteiger partial charge in [0.1, 0.15) is 17.7 Å². The van der Waals surface area contributed by atoms with E-state index < -0.39 is 17.6 Å². The Morgan fingerprint density at radius 2 is 2.00 bits per heavy atom. The molecule has 5 heteroatoms. The van der Waals surface area contributed by atoms with Gasteiger partial charge in [-0.1, -0.05) is 27.7 Å². The van der Waals surface area contributed by atoms with E-state index in [0.29, 0.717) is 25.0 Å². The molecule has 1 aliphatic carbocycles. The van der Waals surface area contributed by atoms with Crippen LogP contribution in [0, 0.1) is 23.0 Å². The van der Waals surface area contributed by atoms with Gasteiger partial charge in [-0.05, 0) is 18.1 Å². The summed E-state index contributed by atoms with van der Waals surface area (Å²) in [6, 6.07) is 2.82. The monoisotopic (exact) mass is 312 g/mol. The van der Waals surface area contributed by atoms with Gasteiger partial charge in [0, 0.05) is 24.5 Å². The van der Waals surface area contributed by atoms with Crippen molar-refractivity contribution in [2.24, 2.45) is 11.3 Å². The van der Waals surface area contributed by atoms with Crippen molar-refractivity contribution in [2.45, 2.75) is 46.3 Å². The van der Waals surface area contributed by atoms with Gasteiger partial charge in [-0.2, -0.15) is 0 Å². The molecule has 1 saturated carbocycles. The summed E-state index contributed by atoms with van der Waals surface area (Å²) in [5, 5.41) is 0. The van der Waals surface area contributed by atoms with Gasteiger partial charge in [-0.15, -0.1) is 0 Å². The maximum absolute atomic E-state index is 13.6. The summed E-state index contributed by atoms with van der Waals surface area (Å²) < 4.78 is 37.6. The van der Waals surface area contributed by atoms with Crippen LogP contribution in [0.5, 0.6) is 0 Å². The van der Waals surface area contributed by atoms with E-state index in [4.69, 9.17) is 9.47 Å². The van der Waals surface area contributed by atoms with Gasteiger partial charge in [0.2, 0.25) is 0 Å². The number of rotatable bonds is 5. The molecule has 1 aliphatic rings. The van der Waals surface area contributed by atoms with Crippen LogP contribution in [0.4, 0.5) is 8.78 Å². The maximum Gasteiger partial charge on any atom is 0.341 e. The van der Waals surface area contributed by atoms with Crippen molar-refractivity contribution >= 4 is 5.97 Å². The zero-order chi connectivity index (χ0) is 16.5. The Kier molecular flexibility index (Phi) is 4.85. The van der Waals surface area contributed by atoms with E-state index >= 15 is 0 Å². The molecule has 0 bridgehead atoms. The lowest BCUT2D eigenvalue weighted by Gasteiger charge is -2.50. The van der Waals surface area contributed by atoms with Crippen molar-refractivity contribution in [3.05, 3.63) is 35.4 Å². The number of halogens is 2. The summed E-state index contributed by atoms with van der Waals surface area (Å²) in [4.78, 5) is 12.0. The molecule has 1 aromatic rings. The van der Waals surface area contributed by atoms with Crippen molar-refractivity contribution in [3.8, 4) is 0 Å². The number of hydrogen-bond acceptors (Lipinski definition) is 3. The van der Waals surface area contributed by atoms with E-state index in [1.165, 1.54) is 0 Å². The number of carbonyl (C=O) groups is 1. The largest absolute Gasteiger partial charge is 0.458 e. The van der Waals surface area contributed by atoms with Gasteiger partial charge in [0.05, 0.1) is 11.7 Å². The fourth-order valence-electron chi connectivity index (χ4n) is 2.49. The first-order valence-corrected chi connectivity index (χ1v) is 7.49. The fraction of sp³-hybridized carbons (Fsp3) is 0.588. The Labute approximate surface area is 129 Å². The highest BCUT2D eigenvalue weighted by Crippen LogP contribution is 2.45. The Morgan fingerprint density at radius 1 is 1.32 bits per heavy atom. The highest BCUT2D eigenvalue weighted by atomic mass is 19.1. The van der Waals surface area contributed by atoms with Crippen molar-refractivity contribution < 1.29 is 23.0 Å². The minimum Gasteiger partial charge on any atom is -0.458 e. The third-order valence-electron chi connectivity index (χ3n) is 4.12. The van der Waals surface area contributed by atoms with Crippen molar-refractivity contribution in [1.82, 2.24) is 0 Å². The molecule has 0 unspecified atom stereocenters. The molecular weight excluding hydrogens is 290 g/mol. The lowest BCUT2D eigenvalue weighted by atomic mass is 9.66. The minimum atomic E-state index is -0.908. The smallest absolute Gasteiger partial charge is 0.341 e. The molecule has 1 fully saturated rings. The summed E-state index contributed by atoms with van der Waals surface area (Å²) in [5.41, 5.74) is -0.565. The zero-order valence-corrected chi connectivity index (χ0v) is 13.4.